The highest BCUT2D eigenvalue weighted by Crippen LogP contribution is 1.97. The minimum atomic E-state index is -0.982. The number of nitrogens with zero attached hydrogens (tertiary/aromatic N) is 1. The van der Waals surface area contributed by atoms with E-state index < -0.39 is 5.97 Å². The Morgan fingerprint density at radius 3 is 2.50 bits per heavy atom. The number of quaternary nitrogens is 1. The minimum absolute atomic E-state index is 0.0870. The molecule has 0 heterocycles. The Kier molecular flexibility index (Phi) is 4.85. The molecule has 0 aliphatic carbocycles. The molecule has 0 unspecified atom stereocenters. The van der Waals surface area contributed by atoms with E-state index in [9.17, 15) is 9.90 Å². The predicted molar refractivity (Wildman–Crippen MR) is 45.4 cm³/mol. The molecule has 0 fully saturated rings. The van der Waals surface area contributed by atoms with Gasteiger partial charge in [-0.25, -0.2) is 0 Å². The van der Waals surface area contributed by atoms with Crippen LogP contribution in [0.15, 0.2) is 0 Å². The van der Waals surface area contributed by atoms with E-state index in [2.05, 4.69) is 5.32 Å². The lowest BCUT2D eigenvalue weighted by Crippen LogP contribution is -2.49. The Hall–Kier alpha value is -0.610. The predicted octanol–water partition coefficient (Wildman–Crippen LogP) is -1.58. The quantitative estimate of drug-likeness (QED) is 0.391. The molecule has 0 atom stereocenters. The van der Waals surface area contributed by atoms with Crippen molar-refractivity contribution in [2.75, 3.05) is 40.8 Å². The SMILES string of the molecule is CNCCC[N+](C)(C)CC(=O)[O-]. The maximum Gasteiger partial charge on any atom is 0.119 e. The van der Waals surface area contributed by atoms with Crippen molar-refractivity contribution < 1.29 is 14.4 Å². The van der Waals surface area contributed by atoms with Gasteiger partial charge in [-0.2, -0.15) is 0 Å². The molecule has 0 radical (unpaired) electrons. The van der Waals surface area contributed by atoms with Gasteiger partial charge >= 0.3 is 0 Å². The standard InChI is InChI=1S/C8H18N2O2/c1-9-5-4-6-10(2,3)7-8(11)12/h9H,4-7H2,1-3H3. The maximum absolute atomic E-state index is 10.3. The van der Waals surface area contributed by atoms with Crippen molar-refractivity contribution in [3.63, 3.8) is 0 Å². The van der Waals surface area contributed by atoms with E-state index in [4.69, 9.17) is 0 Å². The van der Waals surface area contributed by atoms with Gasteiger partial charge in [0.05, 0.1) is 26.6 Å². The first kappa shape index (κ1) is 11.4. The van der Waals surface area contributed by atoms with Gasteiger partial charge in [-0.3, -0.25) is 0 Å². The summed E-state index contributed by atoms with van der Waals surface area (Å²) in [4.78, 5) is 10.3. The van der Waals surface area contributed by atoms with E-state index in [1.807, 2.05) is 21.1 Å². The third-order valence-electron chi connectivity index (χ3n) is 1.75. The minimum Gasteiger partial charge on any atom is -0.544 e. The Morgan fingerprint density at radius 1 is 1.50 bits per heavy atom. The first-order valence-corrected chi connectivity index (χ1v) is 4.14. The molecule has 0 amide bonds. The zero-order valence-corrected chi connectivity index (χ0v) is 8.09. The zero-order valence-electron chi connectivity index (χ0n) is 8.09. The summed E-state index contributed by atoms with van der Waals surface area (Å²) in [5, 5.41) is 13.3. The molecule has 0 aliphatic heterocycles. The summed E-state index contributed by atoms with van der Waals surface area (Å²) in [6, 6.07) is 0. The fraction of sp³-hybridized carbons (Fsp3) is 0.875. The van der Waals surface area contributed by atoms with E-state index in [1.165, 1.54) is 0 Å². The second-order valence-corrected chi connectivity index (χ2v) is 3.65. The monoisotopic (exact) mass is 174 g/mol. The van der Waals surface area contributed by atoms with Crippen molar-refractivity contribution in [2.24, 2.45) is 0 Å². The summed E-state index contributed by atoms with van der Waals surface area (Å²) in [7, 11) is 5.68. The van der Waals surface area contributed by atoms with Gasteiger partial charge in [0, 0.05) is 13.0 Å². The van der Waals surface area contributed by atoms with Crippen LogP contribution in [0.2, 0.25) is 0 Å². The van der Waals surface area contributed by atoms with Crippen LogP contribution in [0.5, 0.6) is 0 Å². The van der Waals surface area contributed by atoms with Crippen molar-refractivity contribution in [3.05, 3.63) is 0 Å². The Morgan fingerprint density at radius 2 is 2.08 bits per heavy atom. The fourth-order valence-electron chi connectivity index (χ4n) is 1.11. The van der Waals surface area contributed by atoms with Crippen molar-refractivity contribution in [1.82, 2.24) is 5.32 Å². The van der Waals surface area contributed by atoms with Gasteiger partial charge in [-0.15, -0.1) is 0 Å². The number of rotatable bonds is 6. The summed E-state index contributed by atoms with van der Waals surface area (Å²) >= 11 is 0. The van der Waals surface area contributed by atoms with Crippen LogP contribution in [0.3, 0.4) is 0 Å². The smallest absolute Gasteiger partial charge is 0.119 e. The molecule has 12 heavy (non-hydrogen) atoms. The van der Waals surface area contributed by atoms with Crippen LogP contribution in [0.4, 0.5) is 0 Å². The van der Waals surface area contributed by atoms with E-state index in [1.54, 1.807) is 0 Å². The summed E-state index contributed by atoms with van der Waals surface area (Å²) in [5.41, 5.74) is 0. The third-order valence-corrected chi connectivity index (χ3v) is 1.75. The number of likely N-dealkylation sites (N-methyl/N-ethyl adjacent to an activating group) is 1. The van der Waals surface area contributed by atoms with Crippen LogP contribution in [-0.2, 0) is 4.79 Å². The molecule has 72 valence electrons. The van der Waals surface area contributed by atoms with Gasteiger partial charge in [0.25, 0.3) is 0 Å². The summed E-state index contributed by atoms with van der Waals surface area (Å²) in [5.74, 6) is -0.982. The number of carbonyl (C=O) groups is 1. The van der Waals surface area contributed by atoms with Gasteiger partial charge in [0.15, 0.2) is 0 Å². The molecule has 0 saturated carbocycles. The molecule has 4 heteroatoms. The lowest BCUT2D eigenvalue weighted by Gasteiger charge is -2.29. The lowest BCUT2D eigenvalue weighted by molar-refractivity contribution is -0.884. The topological polar surface area (TPSA) is 52.2 Å². The molecular formula is C8H18N2O2. The van der Waals surface area contributed by atoms with Crippen molar-refractivity contribution in [3.8, 4) is 0 Å². The second kappa shape index (κ2) is 5.11. The van der Waals surface area contributed by atoms with Gasteiger partial charge in [0.1, 0.15) is 6.54 Å². The maximum atomic E-state index is 10.3. The highest BCUT2D eigenvalue weighted by molar-refractivity contribution is 5.65. The summed E-state index contributed by atoms with van der Waals surface area (Å²) in [6.45, 7) is 1.87. The zero-order chi connectivity index (χ0) is 9.61. The van der Waals surface area contributed by atoms with Gasteiger partial charge < -0.3 is 19.7 Å². The van der Waals surface area contributed by atoms with Crippen molar-refractivity contribution >= 4 is 5.97 Å². The van der Waals surface area contributed by atoms with Crippen LogP contribution in [-0.4, -0.2) is 51.2 Å². The molecule has 0 aromatic rings. The van der Waals surface area contributed by atoms with Crippen molar-refractivity contribution in [2.45, 2.75) is 6.42 Å². The normalized spacial score (nSPS) is 11.6. The van der Waals surface area contributed by atoms with Gasteiger partial charge in [-0.05, 0) is 7.05 Å². The second-order valence-electron chi connectivity index (χ2n) is 3.65. The Bertz CT molecular complexity index is 146. The first-order chi connectivity index (χ1) is 5.48. The Labute approximate surface area is 73.8 Å². The van der Waals surface area contributed by atoms with Crippen LogP contribution < -0.4 is 10.4 Å². The summed E-state index contributed by atoms with van der Waals surface area (Å²) in [6.07, 6.45) is 0.983. The molecule has 0 aliphatic rings. The molecule has 4 nitrogen and oxygen atoms in total. The molecule has 0 aromatic carbocycles. The number of carbonyl (C=O) groups excluding carboxylic acids is 1. The number of carboxylic acids is 1. The molecular weight excluding hydrogens is 156 g/mol. The van der Waals surface area contributed by atoms with E-state index in [0.29, 0.717) is 4.48 Å². The largest absolute Gasteiger partial charge is 0.544 e. The van der Waals surface area contributed by atoms with E-state index >= 15 is 0 Å². The van der Waals surface area contributed by atoms with E-state index in [0.717, 1.165) is 19.5 Å². The Balaban J connectivity index is 3.63. The number of nitrogens with one attached hydrogen (secondary N) is 1. The average molecular weight is 174 g/mol. The average Bonchev–Trinajstić information content (AvgIpc) is 1.84. The molecule has 1 N–H and O–H groups in total. The van der Waals surface area contributed by atoms with Crippen LogP contribution in [0.1, 0.15) is 6.42 Å². The molecule has 0 aromatic heterocycles. The molecule has 0 spiro atoms. The third kappa shape index (κ3) is 6.12. The number of hydrogen-bond acceptors (Lipinski definition) is 3. The molecule has 0 rings (SSSR count). The number of hydrogen-bond donors (Lipinski definition) is 1. The van der Waals surface area contributed by atoms with Crippen LogP contribution >= 0.6 is 0 Å². The van der Waals surface area contributed by atoms with Crippen molar-refractivity contribution in [1.29, 1.82) is 0 Å². The highest BCUT2D eigenvalue weighted by Gasteiger charge is 2.13. The van der Waals surface area contributed by atoms with Crippen LogP contribution in [0, 0.1) is 0 Å². The van der Waals surface area contributed by atoms with E-state index in [-0.39, 0.29) is 6.54 Å². The van der Waals surface area contributed by atoms with Gasteiger partial charge in [0.2, 0.25) is 0 Å². The number of carboxylic acid groups (broad SMARTS) is 1. The first-order valence-electron chi connectivity index (χ1n) is 4.14. The fourth-order valence-corrected chi connectivity index (χ4v) is 1.11. The summed E-state index contributed by atoms with van der Waals surface area (Å²) < 4.78 is 0.490. The number of aliphatic carboxylic acids is 1. The molecule has 0 saturated heterocycles. The lowest BCUT2D eigenvalue weighted by atomic mass is 10.3. The van der Waals surface area contributed by atoms with Gasteiger partial charge in [-0.1, -0.05) is 0 Å². The molecule has 0 bridgehead atoms. The van der Waals surface area contributed by atoms with Crippen LogP contribution in [0.25, 0.3) is 0 Å². The highest BCUT2D eigenvalue weighted by atomic mass is 16.4.